The highest BCUT2D eigenvalue weighted by atomic mass is 35.5. The van der Waals surface area contributed by atoms with Crippen molar-refractivity contribution in [3.05, 3.63) is 80.7 Å². The van der Waals surface area contributed by atoms with Crippen molar-refractivity contribution in [1.29, 1.82) is 0 Å². The van der Waals surface area contributed by atoms with Gasteiger partial charge in [-0.15, -0.1) is 0 Å². The first-order valence-electron chi connectivity index (χ1n) is 8.86. The molecule has 6 heteroatoms. The number of hydrogen-bond acceptors (Lipinski definition) is 4. The summed E-state index contributed by atoms with van der Waals surface area (Å²) in [6.07, 6.45) is 3.55. The van der Waals surface area contributed by atoms with E-state index < -0.39 is 0 Å². The number of aryl methyl sites for hydroxylation is 3. The first-order chi connectivity index (χ1) is 13.4. The molecule has 2 aromatic heterocycles. The summed E-state index contributed by atoms with van der Waals surface area (Å²) in [5.74, 6) is 0.572. The van der Waals surface area contributed by atoms with Crippen molar-refractivity contribution in [2.75, 3.05) is 0 Å². The number of hydrogen-bond donors (Lipinski definition) is 0. The largest absolute Gasteiger partial charge is 0.481 e. The van der Waals surface area contributed by atoms with Gasteiger partial charge in [0.25, 0.3) is 0 Å². The van der Waals surface area contributed by atoms with Crippen molar-refractivity contribution in [3.8, 4) is 17.1 Å². The fourth-order valence-electron chi connectivity index (χ4n) is 3.06. The third-order valence-electron chi connectivity index (χ3n) is 4.71. The molecular weight excluding hydrogens is 376 g/mol. The smallest absolute Gasteiger partial charge is 0.235 e. The van der Waals surface area contributed by atoms with Gasteiger partial charge in [0.05, 0.1) is 11.6 Å². The van der Waals surface area contributed by atoms with Crippen LogP contribution in [0.3, 0.4) is 0 Å². The second-order valence-electron chi connectivity index (χ2n) is 6.84. The molecule has 0 N–H and O–H groups in total. The first kappa shape index (κ1) is 18.3. The molecule has 0 amide bonds. The van der Waals surface area contributed by atoms with Gasteiger partial charge in [0.15, 0.2) is 5.76 Å². The van der Waals surface area contributed by atoms with Crippen LogP contribution >= 0.6 is 11.6 Å². The minimum atomic E-state index is -0.196. The average molecular weight is 395 g/mol. The van der Waals surface area contributed by atoms with E-state index in [1.165, 1.54) is 0 Å². The number of nitrogens with zero attached hydrogens (tertiary/aromatic N) is 2. The summed E-state index contributed by atoms with van der Waals surface area (Å²) in [7, 11) is 1.83. The summed E-state index contributed by atoms with van der Waals surface area (Å²) >= 11 is 6.01. The minimum Gasteiger partial charge on any atom is -0.481 e. The highest BCUT2D eigenvalue weighted by Gasteiger charge is 2.19. The third-order valence-corrected chi connectivity index (χ3v) is 4.96. The van der Waals surface area contributed by atoms with Crippen LogP contribution < -0.4 is 10.2 Å². The van der Waals surface area contributed by atoms with Crippen LogP contribution in [-0.4, -0.2) is 9.78 Å². The van der Waals surface area contributed by atoms with Gasteiger partial charge in [-0.1, -0.05) is 11.6 Å². The van der Waals surface area contributed by atoms with Gasteiger partial charge in [0, 0.05) is 29.4 Å². The predicted molar refractivity (Wildman–Crippen MR) is 110 cm³/mol. The number of fused-ring (bicyclic) bond motifs is 1. The Hall–Kier alpha value is -3.05. The van der Waals surface area contributed by atoms with Crippen molar-refractivity contribution in [2.24, 2.45) is 7.05 Å². The summed E-state index contributed by atoms with van der Waals surface area (Å²) in [5, 5.41) is 5.24. The Labute approximate surface area is 167 Å². The van der Waals surface area contributed by atoms with Gasteiger partial charge in [-0.25, -0.2) is 0 Å². The van der Waals surface area contributed by atoms with Crippen molar-refractivity contribution in [2.45, 2.75) is 20.5 Å². The molecule has 0 saturated heterocycles. The molecule has 0 aliphatic carbocycles. The molecule has 0 unspecified atom stereocenters. The lowest BCUT2D eigenvalue weighted by Crippen LogP contribution is -2.10. The van der Waals surface area contributed by atoms with E-state index in [1.54, 1.807) is 23.0 Å². The van der Waals surface area contributed by atoms with E-state index in [4.69, 9.17) is 20.8 Å². The highest BCUT2D eigenvalue weighted by Crippen LogP contribution is 2.33. The second-order valence-corrected chi connectivity index (χ2v) is 7.28. The maximum atomic E-state index is 13.2. The normalized spacial score (nSPS) is 11.1. The summed E-state index contributed by atoms with van der Waals surface area (Å²) < 4.78 is 13.8. The summed E-state index contributed by atoms with van der Waals surface area (Å²) in [4.78, 5) is 13.2. The van der Waals surface area contributed by atoms with Gasteiger partial charge >= 0.3 is 0 Å². The Bertz CT molecular complexity index is 1220. The number of benzene rings is 2. The summed E-state index contributed by atoms with van der Waals surface area (Å²) in [6, 6.07) is 10.9. The molecule has 0 aliphatic heterocycles. The van der Waals surface area contributed by atoms with Crippen LogP contribution in [-0.2, 0) is 13.7 Å². The zero-order valence-corrected chi connectivity index (χ0v) is 16.6. The molecule has 0 radical (unpaired) electrons. The van der Waals surface area contributed by atoms with Crippen LogP contribution in [0.5, 0.6) is 5.75 Å². The van der Waals surface area contributed by atoms with Crippen molar-refractivity contribution in [1.82, 2.24) is 9.78 Å². The molecule has 0 aliphatic rings. The lowest BCUT2D eigenvalue weighted by Gasteiger charge is -2.12. The highest BCUT2D eigenvalue weighted by molar-refractivity contribution is 6.30. The molecule has 4 aromatic rings. The minimum absolute atomic E-state index is 0.182. The van der Waals surface area contributed by atoms with Crippen LogP contribution in [0, 0.1) is 13.8 Å². The van der Waals surface area contributed by atoms with E-state index in [9.17, 15) is 4.79 Å². The SMILES string of the molecule is Cc1cc2oc(-c3ccc(Cl)cc3)c(OCc3cnn(C)c3)c(=O)c2cc1C. The fraction of sp³-hybridized carbons (Fsp3) is 0.182. The molecule has 28 heavy (non-hydrogen) atoms. The third kappa shape index (κ3) is 3.41. The molecular formula is C22H19ClN2O3. The van der Waals surface area contributed by atoms with E-state index in [2.05, 4.69) is 5.10 Å². The first-order valence-corrected chi connectivity index (χ1v) is 9.24. The maximum Gasteiger partial charge on any atom is 0.235 e. The zero-order valence-electron chi connectivity index (χ0n) is 15.8. The van der Waals surface area contributed by atoms with Crippen LogP contribution in [0.4, 0.5) is 0 Å². The summed E-state index contributed by atoms with van der Waals surface area (Å²) in [6.45, 7) is 4.18. The van der Waals surface area contributed by atoms with E-state index in [0.29, 0.717) is 21.8 Å². The molecule has 2 aromatic carbocycles. The van der Waals surface area contributed by atoms with Gasteiger partial charge in [-0.2, -0.15) is 5.10 Å². The molecule has 142 valence electrons. The van der Waals surface area contributed by atoms with E-state index in [1.807, 2.05) is 51.4 Å². The second kappa shape index (κ2) is 7.17. The molecule has 0 bridgehead atoms. The molecule has 0 fully saturated rings. The van der Waals surface area contributed by atoms with E-state index in [-0.39, 0.29) is 17.8 Å². The van der Waals surface area contributed by atoms with Gasteiger partial charge < -0.3 is 9.15 Å². The van der Waals surface area contributed by atoms with Crippen molar-refractivity contribution < 1.29 is 9.15 Å². The monoisotopic (exact) mass is 394 g/mol. The van der Waals surface area contributed by atoms with Crippen molar-refractivity contribution >= 4 is 22.6 Å². The van der Waals surface area contributed by atoms with Gasteiger partial charge in [0.2, 0.25) is 11.2 Å². The Morgan fingerprint density at radius 1 is 1.14 bits per heavy atom. The maximum absolute atomic E-state index is 13.2. The molecule has 4 rings (SSSR count). The zero-order chi connectivity index (χ0) is 19.8. The van der Waals surface area contributed by atoms with Gasteiger partial charge in [0.1, 0.15) is 12.2 Å². The Morgan fingerprint density at radius 2 is 1.86 bits per heavy atom. The van der Waals surface area contributed by atoms with Crippen LogP contribution in [0.1, 0.15) is 16.7 Å². The quantitative estimate of drug-likeness (QED) is 0.486. The molecule has 5 nitrogen and oxygen atoms in total. The standard InChI is InChI=1S/C22H19ClN2O3/c1-13-8-18-19(9-14(13)2)28-21(16-4-6-17(23)7-5-16)22(20(18)26)27-12-15-10-24-25(3)11-15/h4-11H,12H2,1-3H3. The van der Waals surface area contributed by atoms with Crippen molar-refractivity contribution in [3.63, 3.8) is 0 Å². The molecule has 0 saturated carbocycles. The molecule has 0 atom stereocenters. The fourth-order valence-corrected chi connectivity index (χ4v) is 3.18. The Balaban J connectivity index is 1.89. The Kier molecular flexibility index (Phi) is 4.69. The molecule has 2 heterocycles. The topological polar surface area (TPSA) is 57.3 Å². The van der Waals surface area contributed by atoms with Crippen LogP contribution in [0.25, 0.3) is 22.3 Å². The average Bonchev–Trinajstić information content (AvgIpc) is 3.08. The Morgan fingerprint density at radius 3 is 2.54 bits per heavy atom. The van der Waals surface area contributed by atoms with E-state index >= 15 is 0 Å². The molecule has 0 spiro atoms. The number of rotatable bonds is 4. The summed E-state index contributed by atoms with van der Waals surface area (Å²) in [5.41, 5.74) is 4.01. The number of ether oxygens (including phenoxy) is 1. The number of halogens is 1. The van der Waals surface area contributed by atoms with Gasteiger partial charge in [-0.3, -0.25) is 9.48 Å². The lowest BCUT2D eigenvalue weighted by atomic mass is 10.0. The predicted octanol–water partition coefficient (Wildman–Crippen LogP) is 5.04. The van der Waals surface area contributed by atoms with Crippen LogP contribution in [0.15, 0.2) is 58.0 Å². The van der Waals surface area contributed by atoms with Crippen LogP contribution in [0.2, 0.25) is 5.02 Å². The van der Waals surface area contributed by atoms with Gasteiger partial charge in [-0.05, 0) is 61.4 Å². The lowest BCUT2D eigenvalue weighted by molar-refractivity contribution is 0.297. The van der Waals surface area contributed by atoms with E-state index in [0.717, 1.165) is 22.3 Å². The number of aromatic nitrogens is 2.